The van der Waals surface area contributed by atoms with Gasteiger partial charge >= 0.3 is 0 Å². The standard InChI is InChI=1S/C27H24N4O2/c1-15-12-16(2)14-31(13-15)27-29-25-22(26(33)30-27)20(17-8-4-3-5-9-17)21-23(28-25)18-10-6-7-11-19(18)24(21)32/h3-11,15-16H,12-14H2,1-2H3,(H,28,29,30,33)/t15-,16-/m1/s1. The van der Waals surface area contributed by atoms with Crippen LogP contribution in [0.4, 0.5) is 5.95 Å². The number of carbonyl (C=O) groups is 1. The van der Waals surface area contributed by atoms with Gasteiger partial charge in [-0.05, 0) is 23.8 Å². The first-order valence-corrected chi connectivity index (χ1v) is 11.4. The number of fused-ring (bicyclic) bond motifs is 4. The predicted octanol–water partition coefficient (Wildman–Crippen LogP) is 4.68. The van der Waals surface area contributed by atoms with Gasteiger partial charge in [0.15, 0.2) is 11.4 Å². The summed E-state index contributed by atoms with van der Waals surface area (Å²) in [6.07, 6.45) is 1.16. The van der Waals surface area contributed by atoms with Crippen LogP contribution in [0.15, 0.2) is 59.4 Å². The Balaban J connectivity index is 1.66. The van der Waals surface area contributed by atoms with Gasteiger partial charge in [-0.25, -0.2) is 4.98 Å². The molecule has 0 unspecified atom stereocenters. The zero-order valence-electron chi connectivity index (χ0n) is 18.6. The lowest BCUT2D eigenvalue weighted by Gasteiger charge is -2.35. The summed E-state index contributed by atoms with van der Waals surface area (Å²) in [4.78, 5) is 41.8. The highest BCUT2D eigenvalue weighted by molar-refractivity contribution is 6.26. The van der Waals surface area contributed by atoms with Crippen molar-refractivity contribution in [2.45, 2.75) is 20.3 Å². The average Bonchev–Trinajstić information content (AvgIpc) is 3.09. The quantitative estimate of drug-likeness (QED) is 0.435. The van der Waals surface area contributed by atoms with E-state index in [1.807, 2.05) is 54.6 Å². The molecule has 2 atom stereocenters. The Labute approximate surface area is 191 Å². The molecule has 1 aliphatic carbocycles. The Bertz CT molecular complexity index is 1470. The van der Waals surface area contributed by atoms with Gasteiger partial charge in [0.1, 0.15) is 0 Å². The summed E-state index contributed by atoms with van der Waals surface area (Å²) >= 11 is 0. The van der Waals surface area contributed by atoms with E-state index in [9.17, 15) is 9.59 Å². The van der Waals surface area contributed by atoms with E-state index in [4.69, 9.17) is 9.97 Å². The molecular formula is C27H24N4O2. The lowest BCUT2D eigenvalue weighted by atomic mass is 9.92. The van der Waals surface area contributed by atoms with Gasteiger partial charge in [-0.1, -0.05) is 68.4 Å². The fourth-order valence-electron chi connectivity index (χ4n) is 5.48. The lowest BCUT2D eigenvalue weighted by Crippen LogP contribution is -2.40. The van der Waals surface area contributed by atoms with E-state index in [0.29, 0.717) is 51.2 Å². The summed E-state index contributed by atoms with van der Waals surface area (Å²) in [5.74, 6) is 1.49. The first kappa shape index (κ1) is 19.9. The smallest absolute Gasteiger partial charge is 0.262 e. The molecule has 0 amide bonds. The molecule has 164 valence electrons. The second kappa shape index (κ2) is 7.37. The SMILES string of the molecule is C[C@@H]1C[C@@H](C)CN(c2nc3nc4c(c(-c5ccccc5)c3c(=O)[nH]2)C(=O)c2ccccc2-4)C1. The molecular weight excluding hydrogens is 412 g/mol. The zero-order chi connectivity index (χ0) is 22.7. The van der Waals surface area contributed by atoms with E-state index in [2.05, 4.69) is 23.7 Å². The van der Waals surface area contributed by atoms with E-state index < -0.39 is 0 Å². The van der Waals surface area contributed by atoms with Gasteiger partial charge in [0.25, 0.3) is 5.56 Å². The summed E-state index contributed by atoms with van der Waals surface area (Å²) in [6.45, 7) is 6.14. The van der Waals surface area contributed by atoms with Crippen molar-refractivity contribution in [3.8, 4) is 22.4 Å². The highest BCUT2D eigenvalue weighted by Gasteiger charge is 2.34. The molecule has 3 heterocycles. The van der Waals surface area contributed by atoms with Crippen LogP contribution in [0, 0.1) is 11.8 Å². The number of ketones is 1. The summed E-state index contributed by atoms with van der Waals surface area (Å²) in [5.41, 5.74) is 4.02. The summed E-state index contributed by atoms with van der Waals surface area (Å²) < 4.78 is 0. The number of carbonyl (C=O) groups excluding carboxylic acids is 1. The van der Waals surface area contributed by atoms with Crippen molar-refractivity contribution in [3.05, 3.63) is 76.1 Å². The topological polar surface area (TPSA) is 79.0 Å². The van der Waals surface area contributed by atoms with Crippen molar-refractivity contribution in [2.24, 2.45) is 11.8 Å². The van der Waals surface area contributed by atoms with Crippen molar-refractivity contribution in [1.82, 2.24) is 15.0 Å². The summed E-state index contributed by atoms with van der Waals surface area (Å²) in [5, 5.41) is 0.364. The first-order valence-electron chi connectivity index (χ1n) is 11.4. The Kier molecular flexibility index (Phi) is 4.43. The molecule has 0 radical (unpaired) electrons. The number of hydrogen-bond acceptors (Lipinski definition) is 5. The van der Waals surface area contributed by atoms with Crippen molar-refractivity contribution >= 4 is 22.8 Å². The van der Waals surface area contributed by atoms with Gasteiger partial charge in [0.05, 0.1) is 16.6 Å². The van der Waals surface area contributed by atoms with Crippen LogP contribution in [0.25, 0.3) is 33.4 Å². The molecule has 6 heteroatoms. The number of benzene rings is 2. The third kappa shape index (κ3) is 3.09. The number of aromatic nitrogens is 3. The van der Waals surface area contributed by atoms with Crippen LogP contribution in [0.1, 0.15) is 36.2 Å². The summed E-state index contributed by atoms with van der Waals surface area (Å²) in [7, 11) is 0. The first-order chi connectivity index (χ1) is 16.0. The Morgan fingerprint density at radius 2 is 1.52 bits per heavy atom. The Morgan fingerprint density at radius 1 is 0.848 bits per heavy atom. The van der Waals surface area contributed by atoms with Crippen LogP contribution >= 0.6 is 0 Å². The van der Waals surface area contributed by atoms with E-state index in [0.717, 1.165) is 30.6 Å². The molecule has 0 spiro atoms. The largest absolute Gasteiger partial charge is 0.342 e. The van der Waals surface area contributed by atoms with Crippen LogP contribution in [0.3, 0.4) is 0 Å². The normalized spacial score (nSPS) is 19.6. The van der Waals surface area contributed by atoms with E-state index in [1.165, 1.54) is 0 Å². The fraction of sp³-hybridized carbons (Fsp3) is 0.259. The number of nitrogens with zero attached hydrogens (tertiary/aromatic N) is 3. The minimum atomic E-state index is -0.265. The van der Waals surface area contributed by atoms with E-state index >= 15 is 0 Å². The second-order valence-electron chi connectivity index (χ2n) is 9.39. The highest BCUT2D eigenvalue weighted by atomic mass is 16.1. The van der Waals surface area contributed by atoms with Crippen molar-refractivity contribution in [3.63, 3.8) is 0 Å². The maximum Gasteiger partial charge on any atom is 0.262 e. The number of nitrogens with one attached hydrogen (secondary N) is 1. The van der Waals surface area contributed by atoms with Crippen LogP contribution in [-0.4, -0.2) is 33.8 Å². The maximum atomic E-state index is 13.5. The van der Waals surface area contributed by atoms with Crippen LogP contribution < -0.4 is 10.5 Å². The Morgan fingerprint density at radius 3 is 2.24 bits per heavy atom. The van der Waals surface area contributed by atoms with Crippen molar-refractivity contribution < 1.29 is 4.79 Å². The molecule has 4 aromatic rings. The molecule has 1 aliphatic heterocycles. The minimum Gasteiger partial charge on any atom is -0.342 e. The minimum absolute atomic E-state index is 0.101. The fourth-order valence-corrected chi connectivity index (χ4v) is 5.48. The number of H-pyrrole nitrogens is 1. The molecule has 6 nitrogen and oxygen atoms in total. The van der Waals surface area contributed by atoms with Crippen LogP contribution in [0.5, 0.6) is 0 Å². The molecule has 6 rings (SSSR count). The number of rotatable bonds is 2. The van der Waals surface area contributed by atoms with E-state index in [1.54, 1.807) is 0 Å². The number of piperidine rings is 1. The highest BCUT2D eigenvalue weighted by Crippen LogP contribution is 2.42. The monoisotopic (exact) mass is 436 g/mol. The number of aromatic amines is 1. The Hall–Kier alpha value is -3.80. The average molecular weight is 437 g/mol. The molecule has 0 bridgehead atoms. The predicted molar refractivity (Wildman–Crippen MR) is 130 cm³/mol. The molecule has 0 saturated carbocycles. The van der Waals surface area contributed by atoms with E-state index in [-0.39, 0.29) is 11.3 Å². The molecule has 1 saturated heterocycles. The van der Waals surface area contributed by atoms with Gasteiger partial charge in [-0.15, -0.1) is 0 Å². The third-order valence-corrected chi connectivity index (χ3v) is 6.73. The molecule has 1 fully saturated rings. The van der Waals surface area contributed by atoms with Crippen molar-refractivity contribution in [1.29, 1.82) is 0 Å². The molecule has 2 aliphatic rings. The maximum absolute atomic E-state index is 13.5. The van der Waals surface area contributed by atoms with Gasteiger partial charge < -0.3 is 4.90 Å². The third-order valence-electron chi connectivity index (χ3n) is 6.73. The molecule has 2 aromatic heterocycles. The van der Waals surface area contributed by atoms with Crippen LogP contribution in [0.2, 0.25) is 0 Å². The van der Waals surface area contributed by atoms with Gasteiger partial charge in [0, 0.05) is 29.8 Å². The number of hydrogen-bond donors (Lipinski definition) is 1. The molecule has 33 heavy (non-hydrogen) atoms. The second-order valence-corrected chi connectivity index (χ2v) is 9.39. The van der Waals surface area contributed by atoms with Crippen molar-refractivity contribution in [2.75, 3.05) is 18.0 Å². The lowest BCUT2D eigenvalue weighted by molar-refractivity contribution is 0.104. The zero-order valence-corrected chi connectivity index (χ0v) is 18.6. The number of pyridine rings is 1. The number of anilines is 1. The van der Waals surface area contributed by atoms with Crippen LogP contribution in [-0.2, 0) is 0 Å². The molecule has 2 aromatic carbocycles. The molecule has 1 N–H and O–H groups in total. The summed E-state index contributed by atoms with van der Waals surface area (Å²) in [6, 6.07) is 17.1. The van der Waals surface area contributed by atoms with Gasteiger partial charge in [-0.2, -0.15) is 4.98 Å². The van der Waals surface area contributed by atoms with Gasteiger partial charge in [0.2, 0.25) is 5.95 Å². The van der Waals surface area contributed by atoms with Gasteiger partial charge in [-0.3, -0.25) is 14.6 Å².